The fraction of sp³-hybridized carbons (Fsp3) is 0.706. The summed E-state index contributed by atoms with van der Waals surface area (Å²) < 4.78 is 5.27. The van der Waals surface area contributed by atoms with Crippen LogP contribution in [0, 0.1) is 11.8 Å². The van der Waals surface area contributed by atoms with Crippen molar-refractivity contribution in [1.82, 2.24) is 20.3 Å². The number of nitrogens with zero attached hydrogens (tertiary/aromatic N) is 3. The zero-order valence-corrected chi connectivity index (χ0v) is 15.0. The molecule has 1 fully saturated rings. The van der Waals surface area contributed by atoms with Crippen molar-refractivity contribution in [2.75, 3.05) is 27.2 Å². The van der Waals surface area contributed by atoms with Gasteiger partial charge in [0.1, 0.15) is 11.5 Å². The Morgan fingerprint density at radius 2 is 2.21 bits per heavy atom. The van der Waals surface area contributed by atoms with Crippen LogP contribution in [0.3, 0.4) is 0 Å². The lowest BCUT2D eigenvalue weighted by atomic mass is 9.97. The number of hydrogen-bond acceptors (Lipinski definition) is 4. The Hall–Kier alpha value is -2.05. The molecule has 1 aromatic rings. The first kappa shape index (κ1) is 18.3. The Kier molecular flexibility index (Phi) is 6.23. The lowest BCUT2D eigenvalue weighted by Gasteiger charge is -2.33. The summed E-state index contributed by atoms with van der Waals surface area (Å²) in [5.41, 5.74) is 0.732. The third kappa shape index (κ3) is 4.97. The molecule has 7 nitrogen and oxygen atoms in total. The van der Waals surface area contributed by atoms with Crippen molar-refractivity contribution in [1.29, 1.82) is 0 Å². The number of carbonyl (C=O) groups excluding carboxylic acids is 2. The zero-order chi connectivity index (χ0) is 17.7. The molecule has 7 heteroatoms. The molecule has 0 bridgehead atoms. The van der Waals surface area contributed by atoms with Crippen LogP contribution in [-0.4, -0.2) is 54.1 Å². The molecule has 0 aromatic carbocycles. The lowest BCUT2D eigenvalue weighted by molar-refractivity contribution is -0.126. The SMILES string of the molecule is CC(C)Cc1cc(CNC(=O)[C@@H]2CCCN(C(=O)N(C)C)C2)no1. The number of hydrogen-bond donors (Lipinski definition) is 1. The van der Waals surface area contributed by atoms with Gasteiger partial charge in [0.2, 0.25) is 5.91 Å². The summed E-state index contributed by atoms with van der Waals surface area (Å²) in [7, 11) is 3.46. The average Bonchev–Trinajstić information content (AvgIpc) is 2.98. The first-order chi connectivity index (χ1) is 11.4. The summed E-state index contributed by atoms with van der Waals surface area (Å²) in [6.45, 7) is 5.78. The van der Waals surface area contributed by atoms with E-state index >= 15 is 0 Å². The van der Waals surface area contributed by atoms with Crippen LogP contribution in [0.25, 0.3) is 0 Å². The standard InChI is InChI=1S/C17H28N4O3/c1-12(2)8-15-9-14(19-24-15)10-18-16(22)13-6-5-7-21(11-13)17(23)20(3)4/h9,12-13H,5-8,10-11H2,1-4H3,(H,18,22)/t13-/m1/s1. The van der Waals surface area contributed by atoms with Gasteiger partial charge in [-0.15, -0.1) is 0 Å². The van der Waals surface area contributed by atoms with Gasteiger partial charge in [0.15, 0.2) is 0 Å². The molecule has 0 saturated carbocycles. The van der Waals surface area contributed by atoms with Crippen LogP contribution in [0.1, 0.15) is 38.1 Å². The summed E-state index contributed by atoms with van der Waals surface area (Å²) in [6.07, 6.45) is 2.49. The molecular formula is C17H28N4O3. The quantitative estimate of drug-likeness (QED) is 0.890. The molecule has 1 aliphatic heterocycles. The Labute approximate surface area is 143 Å². The van der Waals surface area contributed by atoms with Crippen LogP contribution in [0.2, 0.25) is 0 Å². The first-order valence-electron chi connectivity index (χ1n) is 8.55. The van der Waals surface area contributed by atoms with Crippen LogP contribution in [-0.2, 0) is 17.8 Å². The average molecular weight is 336 g/mol. The number of nitrogens with one attached hydrogen (secondary N) is 1. The predicted octanol–water partition coefficient (Wildman–Crippen LogP) is 1.88. The molecular weight excluding hydrogens is 308 g/mol. The highest BCUT2D eigenvalue weighted by Crippen LogP contribution is 2.18. The second-order valence-electron chi connectivity index (χ2n) is 7.06. The van der Waals surface area contributed by atoms with Crippen LogP contribution >= 0.6 is 0 Å². The molecule has 0 spiro atoms. The molecule has 24 heavy (non-hydrogen) atoms. The maximum Gasteiger partial charge on any atom is 0.319 e. The highest BCUT2D eigenvalue weighted by atomic mass is 16.5. The molecule has 0 aliphatic carbocycles. The Morgan fingerprint density at radius 3 is 2.88 bits per heavy atom. The molecule has 3 amide bonds. The van der Waals surface area contributed by atoms with E-state index in [1.165, 1.54) is 0 Å². The number of rotatable bonds is 5. The largest absolute Gasteiger partial charge is 0.361 e. The maximum absolute atomic E-state index is 12.4. The van der Waals surface area contributed by atoms with Crippen molar-refractivity contribution in [3.63, 3.8) is 0 Å². The number of urea groups is 1. The molecule has 1 atom stereocenters. The van der Waals surface area contributed by atoms with Gasteiger partial charge < -0.3 is 19.6 Å². The molecule has 2 heterocycles. The minimum atomic E-state index is -0.162. The summed E-state index contributed by atoms with van der Waals surface area (Å²) in [6, 6.07) is 1.85. The van der Waals surface area contributed by atoms with Crippen LogP contribution in [0.4, 0.5) is 4.79 Å². The van der Waals surface area contributed by atoms with Gasteiger partial charge in [0.05, 0.1) is 12.5 Å². The molecule has 1 aromatic heterocycles. The Bertz CT molecular complexity index is 568. The van der Waals surface area contributed by atoms with Crippen LogP contribution in [0.5, 0.6) is 0 Å². The minimum absolute atomic E-state index is 0.0281. The van der Waals surface area contributed by atoms with E-state index in [4.69, 9.17) is 4.52 Å². The second-order valence-corrected chi connectivity index (χ2v) is 7.06. The molecule has 2 rings (SSSR count). The molecule has 1 aliphatic rings. The fourth-order valence-electron chi connectivity index (χ4n) is 2.91. The van der Waals surface area contributed by atoms with E-state index in [-0.39, 0.29) is 17.9 Å². The number of piperidine rings is 1. The van der Waals surface area contributed by atoms with Gasteiger partial charge in [-0.3, -0.25) is 4.79 Å². The molecule has 134 valence electrons. The molecule has 0 radical (unpaired) electrons. The van der Waals surface area contributed by atoms with Crippen molar-refractivity contribution in [3.05, 3.63) is 17.5 Å². The zero-order valence-electron chi connectivity index (χ0n) is 15.0. The van der Waals surface area contributed by atoms with E-state index in [0.29, 0.717) is 25.6 Å². The summed E-state index contributed by atoms with van der Waals surface area (Å²) in [5, 5.41) is 6.90. The number of carbonyl (C=O) groups is 2. The highest BCUT2D eigenvalue weighted by molar-refractivity contribution is 5.80. The summed E-state index contributed by atoms with van der Waals surface area (Å²) in [5.74, 6) is 1.15. The number of amides is 3. The molecule has 1 N–H and O–H groups in total. The first-order valence-corrected chi connectivity index (χ1v) is 8.55. The van der Waals surface area contributed by atoms with Gasteiger partial charge in [-0.05, 0) is 18.8 Å². The van der Waals surface area contributed by atoms with Crippen LogP contribution in [0.15, 0.2) is 10.6 Å². The minimum Gasteiger partial charge on any atom is -0.361 e. The Balaban J connectivity index is 1.83. The van der Waals surface area contributed by atoms with Gasteiger partial charge in [-0.25, -0.2) is 4.79 Å². The lowest BCUT2D eigenvalue weighted by Crippen LogP contribution is -2.48. The van der Waals surface area contributed by atoms with Gasteiger partial charge in [-0.2, -0.15) is 0 Å². The molecule has 1 saturated heterocycles. The van der Waals surface area contributed by atoms with Gasteiger partial charge >= 0.3 is 6.03 Å². The van der Waals surface area contributed by atoms with E-state index in [0.717, 1.165) is 30.7 Å². The van der Waals surface area contributed by atoms with Crippen molar-refractivity contribution >= 4 is 11.9 Å². The van der Waals surface area contributed by atoms with Crippen molar-refractivity contribution in [3.8, 4) is 0 Å². The third-order valence-corrected chi connectivity index (χ3v) is 4.11. The monoisotopic (exact) mass is 336 g/mol. The van der Waals surface area contributed by atoms with Gasteiger partial charge in [0, 0.05) is 39.7 Å². The summed E-state index contributed by atoms with van der Waals surface area (Å²) >= 11 is 0. The van der Waals surface area contributed by atoms with E-state index < -0.39 is 0 Å². The van der Waals surface area contributed by atoms with E-state index in [2.05, 4.69) is 24.3 Å². The Morgan fingerprint density at radius 1 is 1.46 bits per heavy atom. The number of likely N-dealkylation sites (tertiary alicyclic amines) is 1. The van der Waals surface area contributed by atoms with Gasteiger partial charge in [-0.1, -0.05) is 19.0 Å². The topological polar surface area (TPSA) is 78.7 Å². The normalized spacial score (nSPS) is 17.9. The van der Waals surface area contributed by atoms with E-state index in [1.54, 1.807) is 23.9 Å². The van der Waals surface area contributed by atoms with Gasteiger partial charge in [0.25, 0.3) is 0 Å². The van der Waals surface area contributed by atoms with Crippen molar-refractivity contribution in [2.24, 2.45) is 11.8 Å². The van der Waals surface area contributed by atoms with Crippen molar-refractivity contribution < 1.29 is 14.1 Å². The van der Waals surface area contributed by atoms with Crippen LogP contribution < -0.4 is 5.32 Å². The number of aromatic nitrogens is 1. The van der Waals surface area contributed by atoms with Crippen molar-refractivity contribution in [2.45, 2.75) is 39.7 Å². The maximum atomic E-state index is 12.4. The van der Waals surface area contributed by atoms with E-state index in [9.17, 15) is 9.59 Å². The highest BCUT2D eigenvalue weighted by Gasteiger charge is 2.29. The predicted molar refractivity (Wildman–Crippen MR) is 90.3 cm³/mol. The fourth-order valence-corrected chi connectivity index (χ4v) is 2.91. The molecule has 0 unspecified atom stereocenters. The summed E-state index contributed by atoms with van der Waals surface area (Å²) in [4.78, 5) is 27.7. The second kappa shape index (κ2) is 8.17. The third-order valence-electron chi connectivity index (χ3n) is 4.11. The smallest absolute Gasteiger partial charge is 0.319 e. The van der Waals surface area contributed by atoms with E-state index in [1.807, 2.05) is 6.07 Å².